The van der Waals surface area contributed by atoms with Crippen LogP contribution in [0.2, 0.25) is 0 Å². The molecule has 1 saturated heterocycles. The number of fused-ring (bicyclic) bond motifs is 3. The molecule has 1 aliphatic heterocycles. The molecule has 0 saturated carbocycles. The van der Waals surface area contributed by atoms with Crippen LogP contribution in [0.5, 0.6) is 5.75 Å². The van der Waals surface area contributed by atoms with Crippen LogP contribution in [-0.2, 0) is 11.8 Å². The van der Waals surface area contributed by atoms with Crippen molar-refractivity contribution in [2.75, 3.05) is 20.1 Å². The van der Waals surface area contributed by atoms with E-state index >= 15 is 0 Å². The molecular weight excluding hydrogens is 312 g/mol. The minimum atomic E-state index is -0.335. The molecule has 4 nitrogen and oxygen atoms in total. The van der Waals surface area contributed by atoms with Gasteiger partial charge in [0.25, 0.3) is 0 Å². The van der Waals surface area contributed by atoms with Gasteiger partial charge in [-0.15, -0.1) is 0 Å². The highest BCUT2D eigenvalue weighted by molar-refractivity contribution is 5.70. The number of amides is 1. The fourth-order valence-corrected chi connectivity index (χ4v) is 4.51. The maximum Gasteiger partial charge on any atom is 0.412 e. The number of hydrogen-bond donors (Lipinski definition) is 1. The molecule has 1 unspecified atom stereocenters. The van der Waals surface area contributed by atoms with E-state index < -0.39 is 0 Å². The number of unbranched alkanes of at least 4 members (excludes halogenated alkanes) is 4. The first kappa shape index (κ1) is 18.2. The number of nitrogens with one attached hydrogen (secondary N) is 1. The summed E-state index contributed by atoms with van der Waals surface area (Å²) in [5.41, 5.74) is 2.97. The monoisotopic (exact) mass is 344 g/mol. The van der Waals surface area contributed by atoms with Crippen molar-refractivity contribution in [1.82, 2.24) is 10.2 Å². The van der Waals surface area contributed by atoms with Gasteiger partial charge < -0.3 is 15.0 Å². The van der Waals surface area contributed by atoms with Crippen LogP contribution in [0.4, 0.5) is 4.79 Å². The summed E-state index contributed by atoms with van der Waals surface area (Å²) in [6.45, 7) is 6.40. The smallest absolute Gasteiger partial charge is 0.410 e. The lowest BCUT2D eigenvalue weighted by molar-refractivity contribution is 0.200. The predicted molar refractivity (Wildman–Crippen MR) is 101 cm³/mol. The van der Waals surface area contributed by atoms with Crippen LogP contribution in [0, 0.1) is 0 Å². The molecule has 1 N–H and O–H groups in total. The molecule has 0 spiro atoms. The third-order valence-corrected chi connectivity index (χ3v) is 6.12. The average Bonchev–Trinajstić information content (AvgIpc) is 3.04. The molecule has 0 radical (unpaired) electrons. The Kier molecular flexibility index (Phi) is 5.67. The predicted octanol–water partition coefficient (Wildman–Crippen LogP) is 4.26. The number of rotatable bonds is 7. The highest BCUT2D eigenvalue weighted by Gasteiger charge is 2.49. The number of hydrogen-bond acceptors (Lipinski definition) is 3. The van der Waals surface area contributed by atoms with E-state index in [-0.39, 0.29) is 11.5 Å². The molecule has 1 aromatic carbocycles. The van der Waals surface area contributed by atoms with Crippen molar-refractivity contribution in [3.05, 3.63) is 29.3 Å². The van der Waals surface area contributed by atoms with Crippen molar-refractivity contribution in [2.45, 2.75) is 70.3 Å². The lowest BCUT2D eigenvalue weighted by Gasteiger charge is -2.27. The first-order valence-electron chi connectivity index (χ1n) is 9.84. The van der Waals surface area contributed by atoms with E-state index in [1.165, 1.54) is 43.2 Å². The number of carbonyl (C=O) groups is 1. The molecule has 138 valence electrons. The summed E-state index contributed by atoms with van der Waals surface area (Å²) in [6, 6.07) is 6.74. The summed E-state index contributed by atoms with van der Waals surface area (Å²) in [5, 5.41) is 2.87. The number of likely N-dealkylation sites (N-methyl/N-ethyl adjacent to an activating group) is 1. The van der Waals surface area contributed by atoms with Crippen LogP contribution in [0.1, 0.15) is 63.5 Å². The van der Waals surface area contributed by atoms with E-state index in [0.29, 0.717) is 18.3 Å². The first-order chi connectivity index (χ1) is 12.0. The second-order valence-electron chi connectivity index (χ2n) is 7.92. The van der Waals surface area contributed by atoms with Crippen LogP contribution < -0.4 is 10.1 Å². The summed E-state index contributed by atoms with van der Waals surface area (Å²) in [5.74, 6) is 0.665. The van der Waals surface area contributed by atoms with E-state index in [2.05, 4.69) is 43.2 Å². The third-order valence-electron chi connectivity index (χ3n) is 6.12. The van der Waals surface area contributed by atoms with Gasteiger partial charge in [-0.25, -0.2) is 4.79 Å². The van der Waals surface area contributed by atoms with Gasteiger partial charge in [0.1, 0.15) is 5.75 Å². The molecule has 1 fully saturated rings. The molecule has 1 amide bonds. The molecule has 2 atom stereocenters. The van der Waals surface area contributed by atoms with Crippen molar-refractivity contribution in [1.29, 1.82) is 0 Å². The SMILES string of the molecule is CCCCCCCNC(=O)Oc1ccc2c(c1)[C@]1(C)CCN(C)C1C2. The molecule has 2 aliphatic rings. The fourth-order valence-electron chi connectivity index (χ4n) is 4.51. The van der Waals surface area contributed by atoms with Gasteiger partial charge in [-0.2, -0.15) is 0 Å². The van der Waals surface area contributed by atoms with Gasteiger partial charge in [-0.1, -0.05) is 45.6 Å². The molecule has 0 aromatic heterocycles. The second kappa shape index (κ2) is 7.77. The molecule has 4 heteroatoms. The Morgan fingerprint density at radius 2 is 2.12 bits per heavy atom. The highest BCUT2D eigenvalue weighted by Crippen LogP contribution is 2.48. The van der Waals surface area contributed by atoms with Gasteiger partial charge >= 0.3 is 6.09 Å². The zero-order chi connectivity index (χ0) is 17.9. The Morgan fingerprint density at radius 3 is 2.92 bits per heavy atom. The van der Waals surface area contributed by atoms with Gasteiger partial charge in [0.2, 0.25) is 0 Å². The normalized spacial score (nSPS) is 24.8. The summed E-state index contributed by atoms with van der Waals surface area (Å²) < 4.78 is 5.52. The zero-order valence-corrected chi connectivity index (χ0v) is 15.9. The van der Waals surface area contributed by atoms with E-state index in [0.717, 1.165) is 19.4 Å². The Bertz CT molecular complexity index is 616. The maximum atomic E-state index is 12.0. The van der Waals surface area contributed by atoms with Crippen molar-refractivity contribution in [3.63, 3.8) is 0 Å². The van der Waals surface area contributed by atoms with Crippen LogP contribution in [-0.4, -0.2) is 37.2 Å². The number of carbonyl (C=O) groups excluding carboxylic acids is 1. The van der Waals surface area contributed by atoms with Gasteiger partial charge in [-0.05, 0) is 56.1 Å². The minimum Gasteiger partial charge on any atom is -0.410 e. The second-order valence-corrected chi connectivity index (χ2v) is 7.92. The van der Waals surface area contributed by atoms with E-state index in [1.807, 2.05) is 6.07 Å². The van der Waals surface area contributed by atoms with E-state index in [4.69, 9.17) is 4.74 Å². The molecule has 1 aromatic rings. The lowest BCUT2D eigenvalue weighted by atomic mass is 9.80. The maximum absolute atomic E-state index is 12.0. The van der Waals surface area contributed by atoms with Gasteiger partial charge in [0.05, 0.1) is 0 Å². The van der Waals surface area contributed by atoms with Crippen LogP contribution >= 0.6 is 0 Å². The van der Waals surface area contributed by atoms with Crippen molar-refractivity contribution >= 4 is 6.09 Å². The lowest BCUT2D eigenvalue weighted by Crippen LogP contribution is -2.35. The summed E-state index contributed by atoms with van der Waals surface area (Å²) in [4.78, 5) is 14.5. The third kappa shape index (κ3) is 3.84. The van der Waals surface area contributed by atoms with Crippen LogP contribution in [0.25, 0.3) is 0 Å². The average molecular weight is 344 g/mol. The Labute approximate surface area is 151 Å². The van der Waals surface area contributed by atoms with Gasteiger partial charge in [-0.3, -0.25) is 0 Å². The molecule has 25 heavy (non-hydrogen) atoms. The summed E-state index contributed by atoms with van der Waals surface area (Å²) in [6.07, 6.45) is 7.88. The fraction of sp³-hybridized carbons (Fsp3) is 0.667. The summed E-state index contributed by atoms with van der Waals surface area (Å²) >= 11 is 0. The van der Waals surface area contributed by atoms with Crippen molar-refractivity contribution in [2.24, 2.45) is 0 Å². The minimum absolute atomic E-state index is 0.194. The van der Waals surface area contributed by atoms with Crippen molar-refractivity contribution in [3.8, 4) is 5.75 Å². The van der Waals surface area contributed by atoms with E-state index in [9.17, 15) is 4.79 Å². The van der Waals surface area contributed by atoms with E-state index in [1.54, 1.807) is 0 Å². The van der Waals surface area contributed by atoms with Gasteiger partial charge in [0, 0.05) is 18.0 Å². The topological polar surface area (TPSA) is 41.6 Å². The molecule has 1 aliphatic carbocycles. The number of nitrogens with zero attached hydrogens (tertiary/aromatic N) is 1. The van der Waals surface area contributed by atoms with Crippen LogP contribution in [0.3, 0.4) is 0 Å². The Balaban J connectivity index is 1.53. The molecular formula is C21H32N2O2. The Morgan fingerprint density at radius 1 is 1.32 bits per heavy atom. The number of ether oxygens (including phenoxy) is 1. The quantitative estimate of drug-likeness (QED) is 0.751. The number of benzene rings is 1. The van der Waals surface area contributed by atoms with Crippen molar-refractivity contribution < 1.29 is 9.53 Å². The standard InChI is InChI=1S/C21H32N2O2/c1-4-5-6-7-8-12-22-20(24)25-17-10-9-16-14-19-21(2,18(16)15-17)11-13-23(19)3/h9-10,15,19H,4-8,11-14H2,1-3H3,(H,22,24)/t19?,21-/m0/s1. The molecule has 1 heterocycles. The molecule has 3 rings (SSSR count). The molecule has 0 bridgehead atoms. The first-order valence-corrected chi connectivity index (χ1v) is 9.84. The van der Waals surface area contributed by atoms with Crippen LogP contribution in [0.15, 0.2) is 18.2 Å². The number of likely N-dealkylation sites (tertiary alicyclic amines) is 1. The largest absolute Gasteiger partial charge is 0.412 e. The highest BCUT2D eigenvalue weighted by atomic mass is 16.6. The van der Waals surface area contributed by atoms with Gasteiger partial charge in [0.15, 0.2) is 0 Å². The summed E-state index contributed by atoms with van der Waals surface area (Å²) in [7, 11) is 2.22. The Hall–Kier alpha value is -1.55. The zero-order valence-electron chi connectivity index (χ0n) is 15.9.